The summed E-state index contributed by atoms with van der Waals surface area (Å²) in [5, 5.41) is 0. The fourth-order valence-corrected chi connectivity index (χ4v) is 2.03. The molecule has 0 amide bonds. The molecule has 3 heteroatoms. The molecule has 0 saturated heterocycles. The van der Waals surface area contributed by atoms with Gasteiger partial charge in [-0.2, -0.15) is 0 Å². The first-order valence-electron chi connectivity index (χ1n) is 6.55. The van der Waals surface area contributed by atoms with E-state index in [4.69, 9.17) is 9.47 Å². The van der Waals surface area contributed by atoms with Crippen LogP contribution < -0.4 is 9.47 Å². The molecule has 0 unspecified atom stereocenters. The first-order chi connectivity index (χ1) is 9.69. The molecule has 0 spiro atoms. The van der Waals surface area contributed by atoms with Crippen LogP contribution >= 0.6 is 0 Å². The molecule has 2 aromatic carbocycles. The summed E-state index contributed by atoms with van der Waals surface area (Å²) in [6.45, 7) is 2.09. The van der Waals surface area contributed by atoms with Crippen molar-refractivity contribution in [3.05, 3.63) is 59.2 Å². The summed E-state index contributed by atoms with van der Waals surface area (Å²) < 4.78 is 10.4. The maximum atomic E-state index is 12.5. The summed E-state index contributed by atoms with van der Waals surface area (Å²) in [7, 11) is 3.13. The molecule has 0 aliphatic rings. The van der Waals surface area contributed by atoms with Crippen LogP contribution in [-0.4, -0.2) is 20.0 Å². The van der Waals surface area contributed by atoms with Gasteiger partial charge >= 0.3 is 0 Å². The molecule has 2 aromatic rings. The quantitative estimate of drug-likeness (QED) is 0.780. The Kier molecular flexibility index (Phi) is 4.41. The van der Waals surface area contributed by atoms with Crippen LogP contribution in [0.15, 0.2) is 42.5 Å². The standard InChI is InChI=1S/C17H18O3/c1-4-12-5-7-13(8-6-12)17(18)15-10-9-14(19-2)11-16(15)20-3/h5-11H,4H2,1-3H3. The van der Waals surface area contributed by atoms with Crippen LogP contribution in [0.4, 0.5) is 0 Å². The van der Waals surface area contributed by atoms with Crippen molar-refractivity contribution in [1.29, 1.82) is 0 Å². The predicted molar refractivity (Wildman–Crippen MR) is 78.8 cm³/mol. The summed E-state index contributed by atoms with van der Waals surface area (Å²) in [5.41, 5.74) is 2.41. The van der Waals surface area contributed by atoms with E-state index in [2.05, 4.69) is 6.92 Å². The van der Waals surface area contributed by atoms with Gasteiger partial charge in [-0.25, -0.2) is 0 Å². The van der Waals surface area contributed by atoms with Gasteiger partial charge in [0.1, 0.15) is 11.5 Å². The molecular weight excluding hydrogens is 252 g/mol. The van der Waals surface area contributed by atoms with Crippen molar-refractivity contribution in [3.63, 3.8) is 0 Å². The largest absolute Gasteiger partial charge is 0.497 e. The van der Waals surface area contributed by atoms with Crippen LogP contribution in [0.1, 0.15) is 28.4 Å². The zero-order valence-corrected chi connectivity index (χ0v) is 12.0. The van der Waals surface area contributed by atoms with Gasteiger partial charge in [-0.1, -0.05) is 31.2 Å². The van der Waals surface area contributed by atoms with Crippen molar-refractivity contribution >= 4 is 5.78 Å². The number of benzene rings is 2. The van der Waals surface area contributed by atoms with E-state index in [-0.39, 0.29) is 5.78 Å². The van der Waals surface area contributed by atoms with E-state index in [1.807, 2.05) is 24.3 Å². The molecule has 0 aliphatic heterocycles. The number of rotatable bonds is 5. The van der Waals surface area contributed by atoms with Gasteiger partial charge in [0.05, 0.1) is 19.8 Å². The van der Waals surface area contributed by atoms with E-state index in [0.717, 1.165) is 6.42 Å². The van der Waals surface area contributed by atoms with Crippen molar-refractivity contribution in [2.45, 2.75) is 13.3 Å². The highest BCUT2D eigenvalue weighted by Crippen LogP contribution is 2.26. The number of aryl methyl sites for hydroxylation is 1. The Morgan fingerprint density at radius 3 is 2.25 bits per heavy atom. The van der Waals surface area contributed by atoms with Gasteiger partial charge in [-0.3, -0.25) is 4.79 Å². The Hall–Kier alpha value is -2.29. The lowest BCUT2D eigenvalue weighted by molar-refractivity contribution is 0.103. The van der Waals surface area contributed by atoms with E-state index in [0.29, 0.717) is 22.6 Å². The molecule has 0 heterocycles. The van der Waals surface area contributed by atoms with Gasteiger partial charge in [0.2, 0.25) is 0 Å². The van der Waals surface area contributed by atoms with E-state index in [9.17, 15) is 4.79 Å². The molecule has 0 aliphatic carbocycles. The van der Waals surface area contributed by atoms with Crippen molar-refractivity contribution in [1.82, 2.24) is 0 Å². The molecule has 0 bridgehead atoms. The second-order valence-electron chi connectivity index (χ2n) is 4.45. The summed E-state index contributed by atoms with van der Waals surface area (Å²) in [6.07, 6.45) is 0.959. The third kappa shape index (κ3) is 2.82. The van der Waals surface area contributed by atoms with E-state index in [1.54, 1.807) is 32.4 Å². The number of methoxy groups -OCH3 is 2. The molecule has 0 saturated carbocycles. The zero-order valence-electron chi connectivity index (χ0n) is 12.0. The van der Waals surface area contributed by atoms with Crippen LogP contribution in [0.25, 0.3) is 0 Å². The van der Waals surface area contributed by atoms with Gasteiger partial charge in [-0.05, 0) is 24.1 Å². The smallest absolute Gasteiger partial charge is 0.196 e. The molecule has 0 aromatic heterocycles. The highest BCUT2D eigenvalue weighted by Gasteiger charge is 2.15. The predicted octanol–water partition coefficient (Wildman–Crippen LogP) is 3.50. The molecule has 0 fully saturated rings. The van der Waals surface area contributed by atoms with Gasteiger partial charge in [0, 0.05) is 11.6 Å². The van der Waals surface area contributed by atoms with E-state index in [1.165, 1.54) is 5.56 Å². The Morgan fingerprint density at radius 1 is 1.00 bits per heavy atom. The summed E-state index contributed by atoms with van der Waals surface area (Å²) in [5.74, 6) is 1.14. The Bertz CT molecular complexity index is 600. The first-order valence-corrected chi connectivity index (χ1v) is 6.55. The monoisotopic (exact) mass is 270 g/mol. The molecule has 0 radical (unpaired) electrons. The van der Waals surface area contributed by atoms with Crippen LogP contribution in [0.5, 0.6) is 11.5 Å². The van der Waals surface area contributed by atoms with Crippen molar-refractivity contribution in [2.24, 2.45) is 0 Å². The van der Waals surface area contributed by atoms with E-state index >= 15 is 0 Å². The molecule has 20 heavy (non-hydrogen) atoms. The molecular formula is C17H18O3. The third-order valence-electron chi connectivity index (χ3n) is 3.28. The molecule has 104 valence electrons. The Balaban J connectivity index is 2.36. The fraction of sp³-hybridized carbons (Fsp3) is 0.235. The Labute approximate surface area is 119 Å². The summed E-state index contributed by atoms with van der Waals surface area (Å²) >= 11 is 0. The highest BCUT2D eigenvalue weighted by molar-refractivity contribution is 6.10. The first kappa shape index (κ1) is 14.1. The average Bonchev–Trinajstić information content (AvgIpc) is 2.53. The lowest BCUT2D eigenvalue weighted by atomic mass is 10.0. The highest BCUT2D eigenvalue weighted by atomic mass is 16.5. The van der Waals surface area contributed by atoms with Gasteiger partial charge in [0.25, 0.3) is 0 Å². The van der Waals surface area contributed by atoms with Gasteiger partial charge in [0.15, 0.2) is 5.78 Å². The second-order valence-corrected chi connectivity index (χ2v) is 4.45. The number of hydrogen-bond donors (Lipinski definition) is 0. The molecule has 2 rings (SSSR count). The maximum Gasteiger partial charge on any atom is 0.196 e. The minimum Gasteiger partial charge on any atom is -0.497 e. The topological polar surface area (TPSA) is 35.5 Å². The number of carbonyl (C=O) groups excluding carboxylic acids is 1. The molecule has 0 atom stereocenters. The van der Waals surface area contributed by atoms with Crippen LogP contribution in [0.2, 0.25) is 0 Å². The molecule has 0 N–H and O–H groups in total. The summed E-state index contributed by atoms with van der Waals surface area (Å²) in [6, 6.07) is 12.9. The van der Waals surface area contributed by atoms with Crippen LogP contribution in [-0.2, 0) is 6.42 Å². The lowest BCUT2D eigenvalue weighted by Crippen LogP contribution is -2.04. The van der Waals surface area contributed by atoms with Gasteiger partial charge in [-0.15, -0.1) is 0 Å². The second kappa shape index (κ2) is 6.24. The number of ether oxygens (including phenoxy) is 2. The van der Waals surface area contributed by atoms with Crippen LogP contribution in [0, 0.1) is 0 Å². The third-order valence-corrected chi connectivity index (χ3v) is 3.28. The van der Waals surface area contributed by atoms with Crippen molar-refractivity contribution in [3.8, 4) is 11.5 Å². The lowest BCUT2D eigenvalue weighted by Gasteiger charge is -2.10. The average molecular weight is 270 g/mol. The van der Waals surface area contributed by atoms with Crippen LogP contribution in [0.3, 0.4) is 0 Å². The van der Waals surface area contributed by atoms with Crippen molar-refractivity contribution < 1.29 is 14.3 Å². The SMILES string of the molecule is CCc1ccc(C(=O)c2ccc(OC)cc2OC)cc1. The number of carbonyl (C=O) groups is 1. The fourth-order valence-electron chi connectivity index (χ4n) is 2.03. The van der Waals surface area contributed by atoms with Gasteiger partial charge < -0.3 is 9.47 Å². The minimum absolute atomic E-state index is 0.0489. The minimum atomic E-state index is -0.0489. The molecule has 3 nitrogen and oxygen atoms in total. The van der Waals surface area contributed by atoms with Crippen molar-refractivity contribution in [2.75, 3.05) is 14.2 Å². The maximum absolute atomic E-state index is 12.5. The Morgan fingerprint density at radius 2 is 1.70 bits per heavy atom. The zero-order chi connectivity index (χ0) is 14.5. The normalized spacial score (nSPS) is 10.2. The summed E-state index contributed by atoms with van der Waals surface area (Å²) in [4.78, 5) is 12.5. The number of hydrogen-bond acceptors (Lipinski definition) is 3. The number of ketones is 1. The van der Waals surface area contributed by atoms with E-state index < -0.39 is 0 Å².